The number of fused-ring (bicyclic) bond motifs is 1. The fraction of sp³-hybridized carbons (Fsp3) is 0.600. The number of nitrogens with zero attached hydrogens (tertiary/aromatic N) is 4. The summed E-state index contributed by atoms with van der Waals surface area (Å²) in [5.41, 5.74) is 6.82. The number of rotatable bonds is 1. The van der Waals surface area contributed by atoms with E-state index in [-0.39, 0.29) is 24.4 Å². The van der Waals surface area contributed by atoms with E-state index >= 15 is 0 Å². The molecule has 0 radical (unpaired) electrons. The van der Waals surface area contributed by atoms with Crippen LogP contribution in [0.2, 0.25) is 0 Å². The van der Waals surface area contributed by atoms with E-state index in [0.29, 0.717) is 18.0 Å². The predicted octanol–water partition coefficient (Wildman–Crippen LogP) is 0.147. The second kappa shape index (κ2) is 4.29. The average Bonchev–Trinajstić information content (AvgIpc) is 2.85. The quantitative estimate of drug-likeness (QED) is 0.697. The molecular formula is C10H14ClN5O. The third-order valence-electron chi connectivity index (χ3n) is 3.29. The van der Waals surface area contributed by atoms with Crippen LogP contribution >= 0.6 is 12.4 Å². The summed E-state index contributed by atoms with van der Waals surface area (Å²) in [6.45, 7) is 0. The van der Waals surface area contributed by atoms with Crippen LogP contribution in [0.15, 0.2) is 20.0 Å². The van der Waals surface area contributed by atoms with Crippen molar-refractivity contribution < 1.29 is 5.11 Å². The van der Waals surface area contributed by atoms with Crippen LogP contribution < -0.4 is 5.73 Å². The van der Waals surface area contributed by atoms with Gasteiger partial charge in [-0.2, -0.15) is 0 Å². The Morgan fingerprint density at radius 2 is 2.24 bits per heavy atom. The van der Waals surface area contributed by atoms with Crippen molar-refractivity contribution >= 4 is 36.5 Å². The molecule has 3 atom stereocenters. The molecule has 1 fully saturated rings. The molecule has 92 valence electrons. The lowest BCUT2D eigenvalue weighted by Gasteiger charge is -2.29. The van der Waals surface area contributed by atoms with Crippen LogP contribution in [0.25, 0.3) is 0 Å². The molecule has 3 rings (SSSR count). The van der Waals surface area contributed by atoms with Crippen LogP contribution in [0.4, 0.5) is 0 Å². The van der Waals surface area contributed by atoms with E-state index in [9.17, 15) is 5.11 Å². The van der Waals surface area contributed by atoms with Crippen LogP contribution in [-0.4, -0.2) is 41.1 Å². The Morgan fingerprint density at radius 3 is 2.94 bits per heavy atom. The van der Waals surface area contributed by atoms with Crippen LogP contribution in [-0.2, 0) is 0 Å². The molecule has 17 heavy (non-hydrogen) atoms. The second-order valence-corrected chi connectivity index (χ2v) is 4.40. The van der Waals surface area contributed by atoms with Gasteiger partial charge in [0.15, 0.2) is 5.84 Å². The Labute approximate surface area is 105 Å². The summed E-state index contributed by atoms with van der Waals surface area (Å²) in [7, 11) is 0. The molecule has 1 saturated carbocycles. The molecule has 2 aliphatic heterocycles. The molecule has 0 aromatic heterocycles. The van der Waals surface area contributed by atoms with Crippen molar-refractivity contribution in [1.82, 2.24) is 0 Å². The first-order chi connectivity index (χ1) is 7.67. The minimum Gasteiger partial charge on any atom is -0.393 e. The van der Waals surface area contributed by atoms with E-state index < -0.39 is 5.79 Å². The third kappa shape index (κ3) is 2.03. The molecule has 1 aliphatic carbocycles. The summed E-state index contributed by atoms with van der Waals surface area (Å²) in [6, 6.07) is 0. The van der Waals surface area contributed by atoms with Crippen molar-refractivity contribution in [2.45, 2.75) is 31.2 Å². The van der Waals surface area contributed by atoms with Gasteiger partial charge in [-0.15, -0.1) is 12.4 Å². The third-order valence-corrected chi connectivity index (χ3v) is 3.29. The van der Waals surface area contributed by atoms with Crippen molar-refractivity contribution in [2.75, 3.05) is 0 Å². The highest BCUT2D eigenvalue weighted by molar-refractivity contribution is 6.65. The molecule has 3 aliphatic rings. The van der Waals surface area contributed by atoms with Crippen LogP contribution in [0.1, 0.15) is 19.3 Å². The highest BCUT2D eigenvalue weighted by Crippen LogP contribution is 2.35. The van der Waals surface area contributed by atoms with Gasteiger partial charge in [-0.25, -0.2) is 20.0 Å². The summed E-state index contributed by atoms with van der Waals surface area (Å²) in [5.74, 6) is -0.324. The maximum atomic E-state index is 9.52. The molecule has 3 N–H and O–H groups in total. The van der Waals surface area contributed by atoms with Crippen molar-refractivity contribution in [3.05, 3.63) is 0 Å². The zero-order valence-corrected chi connectivity index (χ0v) is 9.97. The fourth-order valence-corrected chi connectivity index (χ4v) is 2.35. The van der Waals surface area contributed by atoms with Crippen LogP contribution in [0.5, 0.6) is 0 Å². The molecule has 0 aromatic rings. The summed E-state index contributed by atoms with van der Waals surface area (Å²) >= 11 is 0. The van der Waals surface area contributed by atoms with E-state index in [1.807, 2.05) is 0 Å². The second-order valence-electron chi connectivity index (χ2n) is 4.40. The lowest BCUT2D eigenvalue weighted by atomic mass is 9.99. The van der Waals surface area contributed by atoms with Crippen LogP contribution in [0, 0.1) is 5.92 Å². The SMILES string of the molecule is Cl.NC1(C2CCC(O)C2)N=CC2=NC=NC2=N1. The fourth-order valence-electron chi connectivity index (χ4n) is 2.35. The van der Waals surface area contributed by atoms with Gasteiger partial charge >= 0.3 is 0 Å². The van der Waals surface area contributed by atoms with Crippen molar-refractivity contribution in [3.8, 4) is 0 Å². The normalized spacial score (nSPS) is 38.5. The van der Waals surface area contributed by atoms with Crippen LogP contribution in [0.3, 0.4) is 0 Å². The van der Waals surface area contributed by atoms with E-state index in [0.717, 1.165) is 12.8 Å². The summed E-state index contributed by atoms with van der Waals surface area (Å²) in [6.07, 6.45) is 5.08. The molecule has 0 amide bonds. The molecular weight excluding hydrogens is 242 g/mol. The van der Waals surface area contributed by atoms with Crippen molar-refractivity contribution in [1.29, 1.82) is 0 Å². The van der Waals surface area contributed by atoms with Crippen molar-refractivity contribution in [3.63, 3.8) is 0 Å². The summed E-state index contributed by atoms with van der Waals surface area (Å²) in [5, 5.41) is 9.52. The van der Waals surface area contributed by atoms with Gasteiger partial charge in [0, 0.05) is 5.92 Å². The van der Waals surface area contributed by atoms with E-state index in [4.69, 9.17) is 5.73 Å². The number of hydrogen-bond acceptors (Lipinski definition) is 6. The highest BCUT2D eigenvalue weighted by Gasteiger charge is 2.41. The topological polar surface area (TPSA) is 95.7 Å². The van der Waals surface area contributed by atoms with Gasteiger partial charge in [-0.1, -0.05) is 0 Å². The first kappa shape index (κ1) is 12.3. The number of halogens is 1. The van der Waals surface area contributed by atoms with Gasteiger partial charge < -0.3 is 5.11 Å². The molecule has 6 nitrogen and oxygen atoms in total. The Morgan fingerprint density at radius 1 is 1.41 bits per heavy atom. The highest BCUT2D eigenvalue weighted by atomic mass is 35.5. The molecule has 7 heteroatoms. The van der Waals surface area contributed by atoms with E-state index in [1.165, 1.54) is 6.34 Å². The standard InChI is InChI=1S/C10H13N5O.ClH/c11-10(6-1-2-7(16)3-6)14-4-8-9(15-10)13-5-12-8;/h4-7,16H,1-3,11H2;1H. The summed E-state index contributed by atoms with van der Waals surface area (Å²) < 4.78 is 0. The van der Waals surface area contributed by atoms with Gasteiger partial charge in [0.25, 0.3) is 0 Å². The Kier molecular flexibility index (Phi) is 3.11. The first-order valence-electron chi connectivity index (χ1n) is 5.40. The van der Waals surface area contributed by atoms with E-state index in [1.54, 1.807) is 6.21 Å². The Balaban J connectivity index is 0.00000108. The van der Waals surface area contributed by atoms with Gasteiger partial charge in [0.05, 0.1) is 12.3 Å². The van der Waals surface area contributed by atoms with Crippen molar-refractivity contribution in [2.24, 2.45) is 31.6 Å². The lowest BCUT2D eigenvalue weighted by Crippen LogP contribution is -2.46. The zero-order chi connectivity index (χ0) is 11.2. The van der Waals surface area contributed by atoms with Gasteiger partial charge in [-0.3, -0.25) is 5.73 Å². The first-order valence-corrected chi connectivity index (χ1v) is 5.40. The van der Waals surface area contributed by atoms with Gasteiger partial charge in [0.1, 0.15) is 12.1 Å². The smallest absolute Gasteiger partial charge is 0.207 e. The molecule has 0 saturated heterocycles. The van der Waals surface area contributed by atoms with Gasteiger partial charge in [0.2, 0.25) is 5.79 Å². The zero-order valence-electron chi connectivity index (χ0n) is 9.15. The molecule has 3 unspecified atom stereocenters. The number of amidine groups is 1. The predicted molar refractivity (Wildman–Crippen MR) is 69.4 cm³/mol. The molecule has 0 aromatic carbocycles. The number of aliphatic hydroxyl groups is 1. The Bertz CT molecular complexity index is 444. The largest absolute Gasteiger partial charge is 0.393 e. The average molecular weight is 256 g/mol. The Hall–Kier alpha value is -1.11. The van der Waals surface area contributed by atoms with E-state index in [2.05, 4.69) is 20.0 Å². The monoisotopic (exact) mass is 255 g/mol. The number of aliphatic hydroxyl groups excluding tert-OH is 1. The minimum absolute atomic E-state index is 0. The number of aliphatic imine (C=N–C) groups is 4. The molecule has 2 heterocycles. The molecule has 0 spiro atoms. The minimum atomic E-state index is -0.965. The molecule has 0 bridgehead atoms. The number of hydrogen-bond donors (Lipinski definition) is 2. The van der Waals surface area contributed by atoms with Gasteiger partial charge in [-0.05, 0) is 19.3 Å². The maximum Gasteiger partial charge on any atom is 0.207 e. The lowest BCUT2D eigenvalue weighted by molar-refractivity contribution is 0.167. The number of nitrogens with two attached hydrogens (primary N) is 1. The maximum absolute atomic E-state index is 9.52. The summed E-state index contributed by atoms with van der Waals surface area (Å²) in [4.78, 5) is 16.6.